The van der Waals surface area contributed by atoms with Gasteiger partial charge in [0.05, 0.1) is 24.1 Å². The largest absolute Gasteiger partial charge is 0.496 e. The number of unbranched alkanes of at least 4 members (excludes halogenated alkanes) is 1. The van der Waals surface area contributed by atoms with E-state index in [-0.39, 0.29) is 6.54 Å². The molecule has 4 aliphatic rings. The number of benzene rings is 1. The molecule has 0 spiro atoms. The van der Waals surface area contributed by atoms with E-state index in [2.05, 4.69) is 21.4 Å². The summed E-state index contributed by atoms with van der Waals surface area (Å²) < 4.78 is 37.4. The van der Waals surface area contributed by atoms with Crippen LogP contribution in [0.3, 0.4) is 0 Å². The minimum Gasteiger partial charge on any atom is -0.496 e. The van der Waals surface area contributed by atoms with Crippen LogP contribution in [0.4, 0.5) is 0 Å². The average molecular weight is 609 g/mol. The van der Waals surface area contributed by atoms with E-state index in [0.717, 1.165) is 50.6 Å². The second-order valence-electron chi connectivity index (χ2n) is 12.1. The molecular formula is C32H40N4O6S. The summed E-state index contributed by atoms with van der Waals surface area (Å²) in [6.45, 7) is 1.06. The molecular weight excluding hydrogens is 568 g/mol. The van der Waals surface area contributed by atoms with Crippen molar-refractivity contribution in [3.8, 4) is 5.75 Å². The molecule has 4 N–H and O–H groups in total. The maximum atomic E-state index is 13.6. The fourth-order valence-electron chi connectivity index (χ4n) is 7.35. The number of carbonyl (C=O) groups excluding carboxylic acids is 1. The van der Waals surface area contributed by atoms with Crippen molar-refractivity contribution in [3.63, 3.8) is 0 Å². The highest BCUT2D eigenvalue weighted by Crippen LogP contribution is 2.55. The SMILES string of the molecule is COc1ccc(C2CCCCC2)c2c1cc1n2CC2=C(C(=O)NS(=O)(=O)N(C)CCCCN)C2=C2C=CC[C@@H](C(=O)O)C21. The number of ether oxygens (including phenoxy) is 1. The summed E-state index contributed by atoms with van der Waals surface area (Å²) in [5.41, 5.74) is 11.2. The van der Waals surface area contributed by atoms with Crippen LogP contribution in [0.5, 0.6) is 5.75 Å². The van der Waals surface area contributed by atoms with Crippen molar-refractivity contribution in [3.05, 3.63) is 63.9 Å². The van der Waals surface area contributed by atoms with Gasteiger partial charge < -0.3 is 20.1 Å². The number of aliphatic carboxylic acids is 1. The van der Waals surface area contributed by atoms with Gasteiger partial charge in [-0.1, -0.05) is 37.5 Å². The fourth-order valence-corrected chi connectivity index (χ4v) is 8.22. The Morgan fingerprint density at radius 2 is 1.95 bits per heavy atom. The Bertz CT molecular complexity index is 1680. The summed E-state index contributed by atoms with van der Waals surface area (Å²) in [7, 11) is -0.984. The van der Waals surface area contributed by atoms with Crippen molar-refractivity contribution in [1.29, 1.82) is 0 Å². The number of amides is 1. The molecule has 43 heavy (non-hydrogen) atoms. The molecule has 1 fully saturated rings. The lowest BCUT2D eigenvalue weighted by Crippen LogP contribution is -2.41. The molecule has 1 aromatic heterocycles. The number of carbonyl (C=O) groups is 2. The molecule has 1 unspecified atom stereocenters. The number of carboxylic acid groups (broad SMARTS) is 1. The molecule has 0 radical (unpaired) electrons. The van der Waals surface area contributed by atoms with Crippen molar-refractivity contribution < 1.29 is 27.9 Å². The summed E-state index contributed by atoms with van der Waals surface area (Å²) in [4.78, 5) is 26.2. The zero-order chi connectivity index (χ0) is 30.5. The van der Waals surface area contributed by atoms with Crippen molar-refractivity contribution in [2.45, 2.75) is 69.7 Å². The van der Waals surface area contributed by atoms with Crippen LogP contribution in [0.15, 0.2) is 52.6 Å². The fraction of sp³-hybridized carbons (Fsp3) is 0.500. The smallest absolute Gasteiger partial charge is 0.307 e. The quantitative estimate of drug-likeness (QED) is 0.345. The first-order chi connectivity index (χ1) is 20.7. The number of carboxylic acids is 1. The van der Waals surface area contributed by atoms with Gasteiger partial charge in [0.1, 0.15) is 5.75 Å². The molecule has 1 saturated carbocycles. The number of nitrogens with one attached hydrogen (secondary N) is 1. The summed E-state index contributed by atoms with van der Waals surface area (Å²) in [5.74, 6) is -1.69. The van der Waals surface area contributed by atoms with E-state index in [1.165, 1.54) is 31.9 Å². The number of nitrogens with zero attached hydrogens (tertiary/aromatic N) is 2. The van der Waals surface area contributed by atoms with E-state index in [0.29, 0.717) is 49.4 Å². The van der Waals surface area contributed by atoms with Gasteiger partial charge in [0.15, 0.2) is 0 Å². The van der Waals surface area contributed by atoms with Gasteiger partial charge in [-0.15, -0.1) is 0 Å². The molecule has 1 amide bonds. The number of fused-ring (bicyclic) bond motifs is 6. The Morgan fingerprint density at radius 3 is 2.65 bits per heavy atom. The van der Waals surface area contributed by atoms with Crippen LogP contribution in [-0.2, 0) is 26.3 Å². The predicted molar refractivity (Wildman–Crippen MR) is 164 cm³/mol. The van der Waals surface area contributed by atoms with Gasteiger partial charge in [0.2, 0.25) is 0 Å². The normalized spacial score (nSPS) is 21.9. The zero-order valence-electron chi connectivity index (χ0n) is 24.8. The summed E-state index contributed by atoms with van der Waals surface area (Å²) >= 11 is 0. The zero-order valence-corrected chi connectivity index (χ0v) is 25.6. The topological polar surface area (TPSA) is 144 Å². The standard InChI is InChI=1S/C32H40N4O6S/c1-35(16-7-6-15-33)43(40,41)34-31(37)29-24-18-36-25(27-21(28(24)29)11-8-12-22(27)32(38)39)17-23-26(42-2)14-13-20(30(23)36)19-9-4-3-5-10-19/h8,11,13-14,17,19,22,27H,3-7,9-10,12,15-16,18,33H2,1-2H3,(H,34,37)(H,38,39)/t22-,27?/m1/s1. The number of hydrogen-bond acceptors (Lipinski definition) is 6. The lowest BCUT2D eigenvalue weighted by atomic mass is 9.76. The number of hydrogen-bond donors (Lipinski definition) is 3. The highest BCUT2D eigenvalue weighted by atomic mass is 32.2. The van der Waals surface area contributed by atoms with Gasteiger partial charge in [-0.25, -0.2) is 4.72 Å². The van der Waals surface area contributed by atoms with E-state index in [1.807, 2.05) is 18.2 Å². The minimum atomic E-state index is -4.06. The van der Waals surface area contributed by atoms with E-state index in [9.17, 15) is 23.1 Å². The molecule has 10 nitrogen and oxygen atoms in total. The van der Waals surface area contributed by atoms with Gasteiger partial charge in [0, 0.05) is 37.1 Å². The second kappa shape index (κ2) is 11.6. The maximum Gasteiger partial charge on any atom is 0.307 e. The third-order valence-electron chi connectivity index (χ3n) is 9.59. The number of allylic oxidation sites excluding steroid dienone is 4. The third kappa shape index (κ3) is 5.21. The summed E-state index contributed by atoms with van der Waals surface area (Å²) in [6.07, 6.45) is 11.1. The number of nitrogens with two attached hydrogens (primary N) is 1. The van der Waals surface area contributed by atoms with Crippen LogP contribution in [0, 0.1) is 5.92 Å². The first-order valence-electron chi connectivity index (χ1n) is 15.2. The van der Waals surface area contributed by atoms with E-state index >= 15 is 0 Å². The minimum absolute atomic E-state index is 0.245. The van der Waals surface area contributed by atoms with Crippen molar-refractivity contribution in [2.24, 2.45) is 11.7 Å². The van der Waals surface area contributed by atoms with Crippen LogP contribution in [0.25, 0.3) is 10.9 Å². The maximum absolute atomic E-state index is 13.6. The molecule has 1 aliphatic heterocycles. The molecule has 6 rings (SSSR count). The Labute approximate surface area is 252 Å². The van der Waals surface area contributed by atoms with Crippen molar-refractivity contribution in [2.75, 3.05) is 27.2 Å². The van der Waals surface area contributed by atoms with Crippen LogP contribution in [-0.4, -0.2) is 61.5 Å². The van der Waals surface area contributed by atoms with Crippen molar-refractivity contribution in [1.82, 2.24) is 13.6 Å². The Morgan fingerprint density at radius 1 is 1.19 bits per heavy atom. The Kier molecular flexibility index (Phi) is 7.99. The van der Waals surface area contributed by atoms with E-state index in [4.69, 9.17) is 10.5 Å². The number of aromatic nitrogens is 1. The molecule has 1 aromatic carbocycles. The van der Waals surface area contributed by atoms with Gasteiger partial charge in [0.25, 0.3) is 5.91 Å². The van der Waals surface area contributed by atoms with Crippen LogP contribution < -0.4 is 15.2 Å². The summed E-state index contributed by atoms with van der Waals surface area (Å²) in [5, 5.41) is 11.3. The first kappa shape index (κ1) is 29.7. The molecule has 2 aromatic rings. The highest BCUT2D eigenvalue weighted by molar-refractivity contribution is 7.87. The average Bonchev–Trinajstić information content (AvgIpc) is 3.63. The van der Waals surface area contributed by atoms with Crippen LogP contribution in [0.2, 0.25) is 0 Å². The number of rotatable bonds is 10. The molecule has 11 heteroatoms. The molecule has 2 atom stereocenters. The molecule has 3 aliphatic carbocycles. The summed E-state index contributed by atoms with van der Waals surface area (Å²) in [6, 6.07) is 6.22. The van der Waals surface area contributed by atoms with Gasteiger partial charge in [-0.3, -0.25) is 9.59 Å². The molecule has 2 heterocycles. The predicted octanol–water partition coefficient (Wildman–Crippen LogP) is 4.09. The van der Waals surface area contributed by atoms with E-state index < -0.39 is 33.9 Å². The van der Waals surface area contributed by atoms with Gasteiger partial charge >= 0.3 is 16.2 Å². The lowest BCUT2D eigenvalue weighted by molar-refractivity contribution is -0.142. The third-order valence-corrected chi connectivity index (χ3v) is 11.0. The van der Waals surface area contributed by atoms with E-state index in [1.54, 1.807) is 7.11 Å². The van der Waals surface area contributed by atoms with Gasteiger partial charge in [-0.2, -0.15) is 12.7 Å². The van der Waals surface area contributed by atoms with Gasteiger partial charge in [-0.05, 0) is 79.0 Å². The monoisotopic (exact) mass is 608 g/mol. The molecule has 0 saturated heterocycles. The van der Waals surface area contributed by atoms with Crippen molar-refractivity contribution >= 4 is 33.0 Å². The Balaban J connectivity index is 1.46. The molecule has 0 bridgehead atoms. The molecule has 230 valence electrons. The first-order valence-corrected chi connectivity index (χ1v) is 16.7. The number of methoxy groups -OCH3 is 1. The lowest BCUT2D eigenvalue weighted by Gasteiger charge is -2.29. The van der Waals surface area contributed by atoms with Crippen LogP contribution >= 0.6 is 0 Å². The highest BCUT2D eigenvalue weighted by Gasteiger charge is 2.47. The van der Waals surface area contributed by atoms with Crippen LogP contribution in [0.1, 0.15) is 74.5 Å². The Hall–Kier alpha value is -3.41. The second-order valence-corrected chi connectivity index (χ2v) is 13.9.